The Bertz CT molecular complexity index is 1300. The molecule has 138 valence electrons. The Hall–Kier alpha value is -3.87. The van der Waals surface area contributed by atoms with Crippen LogP contribution < -0.4 is 11.1 Å². The van der Waals surface area contributed by atoms with E-state index in [4.69, 9.17) is 5.73 Å². The Kier molecular flexibility index (Phi) is 3.72. The SMILES string of the molecule is Cc1ccc(Nc2ncc(Cc3ccc4[nH]ccc4c3)c(N)n2)c2cn[nH]c12. The van der Waals surface area contributed by atoms with Crippen molar-refractivity contribution in [3.63, 3.8) is 0 Å². The van der Waals surface area contributed by atoms with Gasteiger partial charge >= 0.3 is 0 Å². The van der Waals surface area contributed by atoms with Gasteiger partial charge in [-0.05, 0) is 47.7 Å². The van der Waals surface area contributed by atoms with Crippen LogP contribution in [-0.2, 0) is 6.42 Å². The Labute approximate surface area is 161 Å². The number of fused-ring (bicyclic) bond motifs is 2. The second-order valence-corrected chi connectivity index (χ2v) is 6.89. The zero-order valence-electron chi connectivity index (χ0n) is 15.3. The van der Waals surface area contributed by atoms with Crippen LogP contribution >= 0.6 is 0 Å². The maximum absolute atomic E-state index is 6.22. The van der Waals surface area contributed by atoms with E-state index in [1.54, 1.807) is 12.4 Å². The van der Waals surface area contributed by atoms with Gasteiger partial charge in [0.2, 0.25) is 5.95 Å². The molecule has 0 aliphatic carbocycles. The largest absolute Gasteiger partial charge is 0.383 e. The van der Waals surface area contributed by atoms with Crippen molar-refractivity contribution < 1.29 is 0 Å². The fraction of sp³-hybridized carbons (Fsp3) is 0.0952. The van der Waals surface area contributed by atoms with E-state index >= 15 is 0 Å². The van der Waals surface area contributed by atoms with Gasteiger partial charge in [0.15, 0.2) is 0 Å². The third-order valence-corrected chi connectivity index (χ3v) is 4.98. The van der Waals surface area contributed by atoms with Crippen LogP contribution in [0.2, 0.25) is 0 Å². The van der Waals surface area contributed by atoms with Crippen LogP contribution in [-0.4, -0.2) is 25.1 Å². The number of hydrogen-bond donors (Lipinski definition) is 4. The molecule has 2 aromatic carbocycles. The number of nitrogen functional groups attached to an aromatic ring is 1. The van der Waals surface area contributed by atoms with Crippen molar-refractivity contribution in [1.29, 1.82) is 0 Å². The first-order valence-electron chi connectivity index (χ1n) is 9.04. The number of nitrogens with zero attached hydrogens (tertiary/aromatic N) is 3. The van der Waals surface area contributed by atoms with Gasteiger partial charge in [-0.1, -0.05) is 12.1 Å². The molecule has 7 heteroatoms. The van der Waals surface area contributed by atoms with E-state index in [-0.39, 0.29) is 0 Å². The van der Waals surface area contributed by atoms with Crippen LogP contribution in [0.3, 0.4) is 0 Å². The Balaban J connectivity index is 1.41. The summed E-state index contributed by atoms with van der Waals surface area (Å²) in [6.07, 6.45) is 6.20. The van der Waals surface area contributed by atoms with E-state index in [0.717, 1.165) is 33.2 Å². The third-order valence-electron chi connectivity index (χ3n) is 4.98. The summed E-state index contributed by atoms with van der Waals surface area (Å²) in [4.78, 5) is 12.1. The Morgan fingerprint density at radius 1 is 1.11 bits per heavy atom. The molecule has 5 aromatic rings. The quantitative estimate of drug-likeness (QED) is 0.382. The van der Waals surface area contributed by atoms with E-state index in [0.29, 0.717) is 18.2 Å². The van der Waals surface area contributed by atoms with E-state index in [9.17, 15) is 0 Å². The zero-order chi connectivity index (χ0) is 19.1. The smallest absolute Gasteiger partial charge is 0.229 e. The highest BCUT2D eigenvalue weighted by Gasteiger charge is 2.10. The van der Waals surface area contributed by atoms with Crippen LogP contribution in [0.15, 0.2) is 55.0 Å². The van der Waals surface area contributed by atoms with Crippen LogP contribution in [0.5, 0.6) is 0 Å². The number of hydrogen-bond acceptors (Lipinski definition) is 5. The molecule has 28 heavy (non-hydrogen) atoms. The summed E-state index contributed by atoms with van der Waals surface area (Å²) in [5, 5.41) is 12.6. The third kappa shape index (κ3) is 2.83. The molecule has 0 saturated carbocycles. The van der Waals surface area contributed by atoms with Crippen molar-refractivity contribution in [2.45, 2.75) is 13.3 Å². The second-order valence-electron chi connectivity index (χ2n) is 6.89. The fourth-order valence-electron chi connectivity index (χ4n) is 3.45. The number of aromatic amines is 2. The number of aromatic nitrogens is 5. The molecule has 0 atom stereocenters. The van der Waals surface area contributed by atoms with Gasteiger partial charge in [0.05, 0.1) is 17.4 Å². The lowest BCUT2D eigenvalue weighted by molar-refractivity contribution is 1.09. The first kappa shape index (κ1) is 16.3. The molecule has 5 N–H and O–H groups in total. The molecule has 3 heterocycles. The lowest BCUT2D eigenvalue weighted by atomic mass is 10.1. The molecule has 0 bridgehead atoms. The van der Waals surface area contributed by atoms with E-state index < -0.39 is 0 Å². The minimum absolute atomic E-state index is 0.466. The topological polar surface area (TPSA) is 108 Å². The molecular formula is C21H19N7. The van der Waals surface area contributed by atoms with Crippen molar-refractivity contribution >= 4 is 39.3 Å². The van der Waals surface area contributed by atoms with Crippen molar-refractivity contribution in [1.82, 2.24) is 25.1 Å². The highest BCUT2D eigenvalue weighted by atomic mass is 15.1. The second kappa shape index (κ2) is 6.38. The van der Waals surface area contributed by atoms with Gasteiger partial charge in [-0.3, -0.25) is 5.10 Å². The minimum atomic E-state index is 0.466. The van der Waals surface area contributed by atoms with E-state index in [1.807, 2.05) is 25.3 Å². The van der Waals surface area contributed by atoms with E-state index in [2.05, 4.69) is 54.7 Å². The van der Waals surface area contributed by atoms with Crippen molar-refractivity contribution in [2.75, 3.05) is 11.1 Å². The Morgan fingerprint density at radius 2 is 2.04 bits per heavy atom. The lowest BCUT2D eigenvalue weighted by Gasteiger charge is -2.10. The van der Waals surface area contributed by atoms with Gasteiger partial charge in [0.1, 0.15) is 5.82 Å². The predicted octanol–water partition coefficient (Wildman–Crippen LogP) is 4.06. The highest BCUT2D eigenvalue weighted by Crippen LogP contribution is 2.27. The molecule has 0 aliphatic heterocycles. The number of nitrogens with two attached hydrogens (primary N) is 1. The lowest BCUT2D eigenvalue weighted by Crippen LogP contribution is -2.05. The van der Waals surface area contributed by atoms with Crippen molar-refractivity contribution in [3.8, 4) is 0 Å². The molecule has 0 radical (unpaired) electrons. The summed E-state index contributed by atoms with van der Waals surface area (Å²) in [6.45, 7) is 2.04. The number of nitrogens with one attached hydrogen (secondary N) is 3. The first-order chi connectivity index (χ1) is 13.7. The van der Waals surface area contributed by atoms with Crippen LogP contribution in [0.1, 0.15) is 16.7 Å². The van der Waals surface area contributed by atoms with Crippen molar-refractivity contribution in [2.24, 2.45) is 0 Å². The maximum Gasteiger partial charge on any atom is 0.229 e. The number of anilines is 3. The number of aryl methyl sites for hydroxylation is 1. The van der Waals surface area contributed by atoms with Gasteiger partial charge in [0.25, 0.3) is 0 Å². The summed E-state index contributed by atoms with van der Waals surface area (Å²) in [7, 11) is 0. The minimum Gasteiger partial charge on any atom is -0.383 e. The molecule has 0 aliphatic rings. The summed E-state index contributed by atoms with van der Waals surface area (Å²) in [6, 6.07) is 12.4. The number of benzene rings is 2. The molecule has 0 spiro atoms. The molecule has 0 unspecified atom stereocenters. The molecule has 0 amide bonds. The summed E-state index contributed by atoms with van der Waals surface area (Å²) in [5.74, 6) is 0.941. The van der Waals surface area contributed by atoms with Crippen LogP contribution in [0.4, 0.5) is 17.5 Å². The number of rotatable bonds is 4. The monoisotopic (exact) mass is 369 g/mol. The van der Waals surface area contributed by atoms with Crippen molar-refractivity contribution in [3.05, 3.63) is 71.7 Å². The first-order valence-corrected chi connectivity index (χ1v) is 9.04. The maximum atomic E-state index is 6.22. The average molecular weight is 369 g/mol. The molecule has 7 nitrogen and oxygen atoms in total. The van der Waals surface area contributed by atoms with Gasteiger partial charge in [-0.25, -0.2) is 4.98 Å². The van der Waals surface area contributed by atoms with Gasteiger partial charge in [-0.2, -0.15) is 10.1 Å². The molecule has 0 fully saturated rings. The van der Waals surface area contributed by atoms with Gasteiger partial charge in [0, 0.05) is 35.3 Å². The Morgan fingerprint density at radius 3 is 2.93 bits per heavy atom. The molecule has 0 saturated heterocycles. The summed E-state index contributed by atoms with van der Waals surface area (Å²) in [5.41, 5.74) is 12.4. The molecular weight excluding hydrogens is 350 g/mol. The zero-order valence-corrected chi connectivity index (χ0v) is 15.3. The summed E-state index contributed by atoms with van der Waals surface area (Å²) < 4.78 is 0. The van der Waals surface area contributed by atoms with E-state index in [1.165, 1.54) is 10.9 Å². The highest BCUT2D eigenvalue weighted by molar-refractivity contribution is 5.94. The average Bonchev–Trinajstić information content (AvgIpc) is 3.36. The van der Waals surface area contributed by atoms with Gasteiger partial charge < -0.3 is 16.0 Å². The molecule has 3 aromatic heterocycles. The summed E-state index contributed by atoms with van der Waals surface area (Å²) >= 11 is 0. The fourth-order valence-corrected chi connectivity index (χ4v) is 3.45. The standard InChI is InChI=1S/C21H19N7/c1-12-2-4-18(16-11-25-28-19(12)16)26-21-24-10-15(20(22)27-21)9-13-3-5-17-14(8-13)6-7-23-17/h2-8,10-11,23H,9H2,1H3,(H,25,28)(H3,22,24,26,27). The normalized spacial score (nSPS) is 11.3. The van der Waals surface area contributed by atoms with Gasteiger partial charge in [-0.15, -0.1) is 0 Å². The van der Waals surface area contributed by atoms with Crippen LogP contribution in [0.25, 0.3) is 21.8 Å². The predicted molar refractivity (Wildman–Crippen MR) is 112 cm³/mol. The molecule has 5 rings (SSSR count). The van der Waals surface area contributed by atoms with Crippen LogP contribution in [0, 0.1) is 6.92 Å². The number of H-pyrrole nitrogens is 2.